The Kier molecular flexibility index (Phi) is 9.52. The van der Waals surface area contributed by atoms with Crippen LogP contribution in [-0.2, 0) is 23.9 Å². The van der Waals surface area contributed by atoms with Crippen molar-refractivity contribution < 1.29 is 44.3 Å². The van der Waals surface area contributed by atoms with Gasteiger partial charge in [0.1, 0.15) is 31.0 Å². The van der Waals surface area contributed by atoms with Gasteiger partial charge in [0, 0.05) is 5.41 Å². The number of carboxylic acid groups (broad SMARTS) is 1. The lowest BCUT2D eigenvalue weighted by Crippen LogP contribution is -2.67. The molecule has 4 N–H and O–H groups in total. The zero-order valence-electron chi connectivity index (χ0n) is 31.1. The Balaban J connectivity index is 1.19. The molecule has 6 fully saturated rings. The first-order chi connectivity index (χ1) is 22.8. The number of fused-ring (bicyclic) bond motifs is 7. The molecule has 0 radical (unpaired) electrons. The normalized spacial score (nSPS) is 50.4. The summed E-state index contributed by atoms with van der Waals surface area (Å²) in [5.41, 5.74) is 0.441. The number of aliphatic hydroxyl groups is 3. The molecule has 10 nitrogen and oxygen atoms in total. The minimum atomic E-state index is -1.47. The third-order valence-electron chi connectivity index (χ3n) is 16.3. The van der Waals surface area contributed by atoms with Crippen molar-refractivity contribution >= 4 is 11.9 Å². The SMILES string of the molecule is C=C(C)[C@@H]1CC[C@]2(C(=O)O)CC[C@]3(C)[C@H](CC[C@@H]4[C@@]5(C)CC[C@H](OC(=O)CN(OC)C6O[C@@H](C)[C@@H](O)[C@H](O)[C@@H]6O)C(C)(C)[C@@H]5CC[C@]43C)[C@@H]12. The number of aliphatic carboxylic acids is 1. The largest absolute Gasteiger partial charge is 0.481 e. The number of esters is 1. The second kappa shape index (κ2) is 12.5. The van der Waals surface area contributed by atoms with Crippen LogP contribution >= 0.6 is 0 Å². The molecule has 278 valence electrons. The quantitative estimate of drug-likeness (QED) is 0.157. The van der Waals surface area contributed by atoms with E-state index in [9.17, 15) is 30.0 Å². The smallest absolute Gasteiger partial charge is 0.323 e. The molecule has 0 aromatic rings. The predicted octanol–water partition coefficient (Wildman–Crippen LogP) is 5.33. The summed E-state index contributed by atoms with van der Waals surface area (Å²) >= 11 is 0. The Morgan fingerprint density at radius 3 is 2.18 bits per heavy atom. The van der Waals surface area contributed by atoms with Gasteiger partial charge in [-0.1, -0.05) is 46.8 Å². The van der Waals surface area contributed by atoms with Gasteiger partial charge in [-0.3, -0.25) is 14.4 Å². The van der Waals surface area contributed by atoms with Crippen LogP contribution in [0.25, 0.3) is 0 Å². The molecule has 1 unspecified atom stereocenters. The zero-order valence-corrected chi connectivity index (χ0v) is 31.1. The highest BCUT2D eigenvalue weighted by atomic mass is 16.7. The van der Waals surface area contributed by atoms with Crippen LogP contribution in [0.4, 0.5) is 0 Å². The summed E-state index contributed by atoms with van der Waals surface area (Å²) in [7, 11) is 1.37. The molecular formula is C39H63NO9. The van der Waals surface area contributed by atoms with Crippen molar-refractivity contribution in [3.8, 4) is 0 Å². The lowest BCUT2D eigenvalue weighted by atomic mass is 9.32. The molecule has 0 aromatic carbocycles. The van der Waals surface area contributed by atoms with Crippen molar-refractivity contribution in [2.45, 2.75) is 149 Å². The Hall–Kier alpha value is -1.56. The van der Waals surface area contributed by atoms with Crippen LogP contribution in [-0.4, -0.2) is 87.8 Å². The summed E-state index contributed by atoms with van der Waals surface area (Å²) in [5, 5.41) is 42.9. The summed E-state index contributed by atoms with van der Waals surface area (Å²) in [6, 6.07) is 0. The molecule has 5 saturated carbocycles. The lowest BCUT2D eigenvalue weighted by molar-refractivity contribution is -0.321. The molecule has 5 aliphatic carbocycles. The monoisotopic (exact) mass is 689 g/mol. The number of nitrogens with zero attached hydrogens (tertiary/aromatic N) is 1. The highest BCUT2D eigenvalue weighted by molar-refractivity contribution is 5.76. The van der Waals surface area contributed by atoms with Gasteiger partial charge in [-0.15, -0.1) is 5.06 Å². The number of aliphatic hydroxyl groups excluding tert-OH is 3. The third kappa shape index (κ3) is 5.31. The van der Waals surface area contributed by atoms with Gasteiger partial charge < -0.3 is 29.9 Å². The molecular weight excluding hydrogens is 626 g/mol. The van der Waals surface area contributed by atoms with Crippen molar-refractivity contribution in [3.05, 3.63) is 12.2 Å². The number of hydroxylamine groups is 2. The number of ether oxygens (including phenoxy) is 2. The van der Waals surface area contributed by atoms with Gasteiger partial charge in [-0.05, 0) is 124 Å². The third-order valence-corrected chi connectivity index (χ3v) is 16.3. The molecule has 15 atom stereocenters. The molecule has 0 spiro atoms. The van der Waals surface area contributed by atoms with Crippen molar-refractivity contribution in [2.24, 2.45) is 56.7 Å². The second-order valence-corrected chi connectivity index (χ2v) is 18.4. The zero-order chi connectivity index (χ0) is 36.1. The van der Waals surface area contributed by atoms with E-state index in [0.29, 0.717) is 17.8 Å². The average Bonchev–Trinajstić information content (AvgIpc) is 3.44. The van der Waals surface area contributed by atoms with Crippen LogP contribution < -0.4 is 0 Å². The van der Waals surface area contributed by atoms with Crippen molar-refractivity contribution in [2.75, 3.05) is 13.7 Å². The van der Waals surface area contributed by atoms with Crippen LogP contribution in [0.5, 0.6) is 0 Å². The summed E-state index contributed by atoms with van der Waals surface area (Å²) in [6.45, 7) is 19.8. The number of hydrogen-bond donors (Lipinski definition) is 4. The van der Waals surface area contributed by atoms with Crippen LogP contribution in [0.2, 0.25) is 0 Å². The molecule has 0 bridgehead atoms. The number of carboxylic acids is 1. The molecule has 6 aliphatic rings. The average molecular weight is 690 g/mol. The molecule has 0 aromatic heterocycles. The first kappa shape index (κ1) is 37.2. The van der Waals surface area contributed by atoms with Gasteiger partial charge in [-0.25, -0.2) is 0 Å². The van der Waals surface area contributed by atoms with Gasteiger partial charge in [0.2, 0.25) is 0 Å². The molecule has 10 heteroatoms. The Morgan fingerprint density at radius 2 is 1.55 bits per heavy atom. The number of hydrogen-bond acceptors (Lipinski definition) is 9. The van der Waals surface area contributed by atoms with E-state index in [2.05, 4.69) is 48.1 Å². The van der Waals surface area contributed by atoms with Crippen LogP contribution in [0.3, 0.4) is 0 Å². The fourth-order valence-corrected chi connectivity index (χ4v) is 13.5. The predicted molar refractivity (Wildman–Crippen MR) is 183 cm³/mol. The van der Waals surface area contributed by atoms with Gasteiger partial charge in [0.15, 0.2) is 6.23 Å². The van der Waals surface area contributed by atoms with E-state index in [4.69, 9.17) is 14.3 Å². The number of carbonyl (C=O) groups excluding carboxylic acids is 1. The van der Waals surface area contributed by atoms with E-state index < -0.39 is 48.0 Å². The minimum absolute atomic E-state index is 0.0511. The highest BCUT2D eigenvalue weighted by Gasteiger charge is 2.72. The number of allylic oxidation sites excluding steroid dienone is 1. The van der Waals surface area contributed by atoms with E-state index in [0.717, 1.165) is 69.8 Å². The maximum absolute atomic E-state index is 13.5. The summed E-state index contributed by atoms with van der Waals surface area (Å²) < 4.78 is 12.0. The lowest BCUT2D eigenvalue weighted by Gasteiger charge is -2.72. The molecule has 6 rings (SSSR count). The maximum Gasteiger partial charge on any atom is 0.323 e. The first-order valence-corrected chi connectivity index (χ1v) is 18.9. The van der Waals surface area contributed by atoms with E-state index >= 15 is 0 Å². The van der Waals surface area contributed by atoms with Crippen molar-refractivity contribution in [3.63, 3.8) is 0 Å². The maximum atomic E-state index is 13.5. The van der Waals surface area contributed by atoms with Gasteiger partial charge in [0.25, 0.3) is 0 Å². The molecule has 1 saturated heterocycles. The summed E-state index contributed by atoms with van der Waals surface area (Å²) in [4.78, 5) is 31.9. The Bertz CT molecular complexity index is 1320. The van der Waals surface area contributed by atoms with E-state index in [-0.39, 0.29) is 46.1 Å². The second-order valence-electron chi connectivity index (χ2n) is 18.4. The van der Waals surface area contributed by atoms with Crippen LogP contribution in [0.1, 0.15) is 113 Å². The van der Waals surface area contributed by atoms with E-state index in [1.165, 1.54) is 12.2 Å². The molecule has 1 heterocycles. The van der Waals surface area contributed by atoms with Crippen LogP contribution in [0.15, 0.2) is 12.2 Å². The van der Waals surface area contributed by atoms with Gasteiger partial charge in [0.05, 0.1) is 18.6 Å². The molecule has 0 amide bonds. The topological polar surface area (TPSA) is 146 Å². The molecule has 49 heavy (non-hydrogen) atoms. The summed E-state index contributed by atoms with van der Waals surface area (Å²) in [6.07, 6.45) is 3.06. The van der Waals surface area contributed by atoms with Crippen LogP contribution in [0, 0.1) is 56.7 Å². The van der Waals surface area contributed by atoms with E-state index in [1.807, 2.05) is 0 Å². The Labute approximate surface area is 292 Å². The Morgan fingerprint density at radius 1 is 0.857 bits per heavy atom. The summed E-state index contributed by atoms with van der Waals surface area (Å²) in [5.74, 6) is 0.558. The van der Waals surface area contributed by atoms with Crippen molar-refractivity contribution in [1.82, 2.24) is 5.06 Å². The van der Waals surface area contributed by atoms with Gasteiger partial charge in [-0.2, -0.15) is 0 Å². The fraction of sp³-hybridized carbons (Fsp3) is 0.897. The first-order valence-electron chi connectivity index (χ1n) is 18.9. The molecule has 1 aliphatic heterocycles. The number of carbonyl (C=O) groups is 2. The number of rotatable bonds is 7. The van der Waals surface area contributed by atoms with Gasteiger partial charge >= 0.3 is 11.9 Å². The standard InChI is InChI=1S/C39H63NO9/c1-21(2)23-12-17-39(34(45)46)19-18-37(7)24(29(23)39)10-11-26-36(6)15-14-27(35(4,5)25(36)13-16-38(26,37)8)49-28(41)20-40(47-9)33-32(44)31(43)30(42)22(3)48-33/h22-27,29-33,42-44H,1,10-20H2,2-9H3,(H,45,46)/t22-,23-,24+,25-,26+,27-,29+,30+,31-,32-,33?,36-,37+,38+,39-/m0/s1. The highest BCUT2D eigenvalue weighted by Crippen LogP contribution is 2.77. The fourth-order valence-electron chi connectivity index (χ4n) is 13.5. The minimum Gasteiger partial charge on any atom is -0.481 e. The van der Waals surface area contributed by atoms with Crippen molar-refractivity contribution in [1.29, 1.82) is 0 Å². The van der Waals surface area contributed by atoms with E-state index in [1.54, 1.807) is 6.92 Å².